The average Bonchev–Trinajstić information content (AvgIpc) is 2.32. The van der Waals surface area contributed by atoms with Crippen LogP contribution in [0.2, 0.25) is 0 Å². The topological polar surface area (TPSA) is 92.4 Å². The number of aliphatic carboxylic acids is 1. The van der Waals surface area contributed by atoms with Crippen LogP contribution in [0.5, 0.6) is 0 Å². The highest BCUT2D eigenvalue weighted by Crippen LogP contribution is 2.14. The molecule has 19 heavy (non-hydrogen) atoms. The fourth-order valence-electron chi connectivity index (χ4n) is 1.94. The first kappa shape index (κ1) is 18.2. The van der Waals surface area contributed by atoms with Crippen molar-refractivity contribution in [3.05, 3.63) is 0 Å². The maximum absolute atomic E-state index is 11.8. The van der Waals surface area contributed by atoms with Crippen LogP contribution >= 0.6 is 11.8 Å². The lowest BCUT2D eigenvalue weighted by Crippen LogP contribution is -2.42. The van der Waals surface area contributed by atoms with Crippen molar-refractivity contribution in [1.82, 2.24) is 5.32 Å². The number of carbonyl (C=O) groups is 2. The number of nitrogens with two attached hydrogens (primary N) is 1. The molecule has 5 nitrogen and oxygen atoms in total. The Morgan fingerprint density at radius 3 is 2.42 bits per heavy atom. The molecule has 0 aliphatic heterocycles. The van der Waals surface area contributed by atoms with E-state index in [-0.39, 0.29) is 11.8 Å². The second-order valence-electron chi connectivity index (χ2n) is 5.18. The van der Waals surface area contributed by atoms with Gasteiger partial charge in [0.25, 0.3) is 0 Å². The minimum atomic E-state index is -0.976. The van der Waals surface area contributed by atoms with E-state index in [1.807, 2.05) is 6.26 Å². The van der Waals surface area contributed by atoms with Gasteiger partial charge >= 0.3 is 5.97 Å². The Bertz CT molecular complexity index is 285. The van der Waals surface area contributed by atoms with Gasteiger partial charge in [-0.3, -0.25) is 4.79 Å². The first-order valence-corrected chi connectivity index (χ1v) is 8.01. The predicted molar refractivity (Wildman–Crippen MR) is 79.2 cm³/mol. The Hall–Kier alpha value is -0.750. The molecule has 0 heterocycles. The van der Waals surface area contributed by atoms with Crippen LogP contribution in [-0.2, 0) is 9.59 Å². The average molecular weight is 290 g/mol. The molecule has 4 N–H and O–H groups in total. The second kappa shape index (κ2) is 10.1. The van der Waals surface area contributed by atoms with Crippen LogP contribution < -0.4 is 11.1 Å². The van der Waals surface area contributed by atoms with Crippen LogP contribution in [0, 0.1) is 11.8 Å². The highest BCUT2D eigenvalue weighted by Gasteiger charge is 2.21. The molecule has 0 radical (unpaired) electrons. The van der Waals surface area contributed by atoms with Gasteiger partial charge in [0.05, 0.1) is 0 Å². The van der Waals surface area contributed by atoms with Crippen LogP contribution in [0.1, 0.15) is 33.1 Å². The van der Waals surface area contributed by atoms with Crippen molar-refractivity contribution in [2.75, 3.05) is 18.6 Å². The van der Waals surface area contributed by atoms with Gasteiger partial charge < -0.3 is 16.2 Å². The number of amides is 1. The van der Waals surface area contributed by atoms with Gasteiger partial charge in [0, 0.05) is 6.42 Å². The molecule has 2 atom stereocenters. The summed E-state index contributed by atoms with van der Waals surface area (Å²) in [6.07, 6.45) is 3.54. The van der Waals surface area contributed by atoms with Crippen molar-refractivity contribution in [1.29, 1.82) is 0 Å². The number of rotatable bonds is 10. The zero-order valence-corrected chi connectivity index (χ0v) is 12.8. The number of hydrogen-bond acceptors (Lipinski definition) is 4. The lowest BCUT2D eigenvalue weighted by atomic mass is 9.94. The van der Waals surface area contributed by atoms with E-state index in [2.05, 4.69) is 19.2 Å². The molecule has 1 unspecified atom stereocenters. The molecule has 0 spiro atoms. The second-order valence-corrected chi connectivity index (χ2v) is 6.16. The van der Waals surface area contributed by atoms with Gasteiger partial charge in [0.2, 0.25) is 5.91 Å². The predicted octanol–water partition coefficient (Wildman–Crippen LogP) is 1.32. The lowest BCUT2D eigenvalue weighted by molar-refractivity contribution is -0.142. The summed E-state index contributed by atoms with van der Waals surface area (Å²) in [5, 5.41) is 11.6. The summed E-state index contributed by atoms with van der Waals surface area (Å²) in [6, 6.07) is -0.794. The van der Waals surface area contributed by atoms with E-state index in [1.54, 1.807) is 11.8 Å². The van der Waals surface area contributed by atoms with Gasteiger partial charge in [-0.25, -0.2) is 4.79 Å². The lowest BCUT2D eigenvalue weighted by Gasteiger charge is -2.19. The number of carboxylic acid groups (broad SMARTS) is 1. The van der Waals surface area contributed by atoms with Crippen molar-refractivity contribution in [3.63, 3.8) is 0 Å². The minimum absolute atomic E-state index is 0.120. The van der Waals surface area contributed by atoms with Gasteiger partial charge in [-0.1, -0.05) is 13.8 Å². The Morgan fingerprint density at radius 2 is 2.00 bits per heavy atom. The monoisotopic (exact) mass is 290 g/mol. The summed E-state index contributed by atoms with van der Waals surface area (Å²) < 4.78 is 0. The van der Waals surface area contributed by atoms with Gasteiger partial charge in [0.15, 0.2) is 0 Å². The number of carboxylic acids is 1. The fraction of sp³-hybridized carbons (Fsp3) is 0.846. The fourth-order valence-corrected chi connectivity index (χ4v) is 2.41. The Kier molecular flexibility index (Phi) is 9.69. The third kappa shape index (κ3) is 8.88. The summed E-state index contributed by atoms with van der Waals surface area (Å²) >= 11 is 1.57. The third-order valence-electron chi connectivity index (χ3n) is 2.86. The first-order chi connectivity index (χ1) is 8.90. The molecule has 1 amide bonds. The van der Waals surface area contributed by atoms with Crippen molar-refractivity contribution in [2.24, 2.45) is 17.6 Å². The summed E-state index contributed by atoms with van der Waals surface area (Å²) in [5.74, 6) is 0.118. The first-order valence-electron chi connectivity index (χ1n) is 6.61. The number of carbonyl (C=O) groups excluding carboxylic acids is 1. The quantitative estimate of drug-likeness (QED) is 0.564. The van der Waals surface area contributed by atoms with Crippen molar-refractivity contribution >= 4 is 23.6 Å². The summed E-state index contributed by atoms with van der Waals surface area (Å²) in [4.78, 5) is 22.9. The molecule has 0 aliphatic rings. The normalized spacial score (nSPS) is 14.2. The van der Waals surface area contributed by atoms with E-state index in [9.17, 15) is 9.59 Å². The van der Waals surface area contributed by atoms with E-state index >= 15 is 0 Å². The van der Waals surface area contributed by atoms with E-state index < -0.39 is 12.0 Å². The largest absolute Gasteiger partial charge is 0.480 e. The summed E-state index contributed by atoms with van der Waals surface area (Å²) in [6.45, 7) is 4.62. The van der Waals surface area contributed by atoms with Gasteiger partial charge in [-0.15, -0.1) is 0 Å². The standard InChI is InChI=1S/C13H26N2O3S/c1-9(2)6-10(8-14)7-12(16)15-11(13(17)18)4-5-19-3/h9-11H,4-8,14H2,1-3H3,(H,15,16)(H,17,18)/t10-,11?/m0/s1. The highest BCUT2D eigenvalue weighted by atomic mass is 32.2. The molecule has 0 fully saturated rings. The molecule has 112 valence electrons. The van der Waals surface area contributed by atoms with Crippen molar-refractivity contribution in [3.8, 4) is 0 Å². The molecule has 0 saturated heterocycles. The molecule has 0 aromatic carbocycles. The zero-order chi connectivity index (χ0) is 14.8. The number of hydrogen-bond donors (Lipinski definition) is 3. The van der Waals surface area contributed by atoms with Gasteiger partial charge in [0.1, 0.15) is 6.04 Å². The van der Waals surface area contributed by atoms with E-state index in [0.29, 0.717) is 31.1 Å². The Morgan fingerprint density at radius 1 is 1.37 bits per heavy atom. The summed E-state index contributed by atoms with van der Waals surface area (Å²) in [7, 11) is 0. The molecule has 0 saturated carbocycles. The van der Waals surface area contributed by atoms with E-state index in [4.69, 9.17) is 10.8 Å². The zero-order valence-electron chi connectivity index (χ0n) is 12.0. The molecule has 6 heteroatoms. The van der Waals surface area contributed by atoms with Crippen LogP contribution in [-0.4, -0.2) is 41.6 Å². The molecular weight excluding hydrogens is 264 g/mol. The van der Waals surface area contributed by atoms with E-state index in [0.717, 1.165) is 6.42 Å². The highest BCUT2D eigenvalue weighted by molar-refractivity contribution is 7.98. The molecule has 0 bridgehead atoms. The van der Waals surface area contributed by atoms with Crippen molar-refractivity contribution in [2.45, 2.75) is 39.2 Å². The van der Waals surface area contributed by atoms with Gasteiger partial charge in [-0.05, 0) is 43.2 Å². The Balaban J connectivity index is 4.27. The van der Waals surface area contributed by atoms with Crippen LogP contribution in [0.25, 0.3) is 0 Å². The number of thioether (sulfide) groups is 1. The minimum Gasteiger partial charge on any atom is -0.480 e. The Labute approximate surface area is 119 Å². The van der Waals surface area contributed by atoms with Crippen molar-refractivity contribution < 1.29 is 14.7 Å². The maximum atomic E-state index is 11.8. The van der Waals surface area contributed by atoms with Crippen LogP contribution in [0.3, 0.4) is 0 Å². The van der Waals surface area contributed by atoms with Crippen LogP contribution in [0.15, 0.2) is 0 Å². The molecule has 0 aliphatic carbocycles. The maximum Gasteiger partial charge on any atom is 0.326 e. The molecule has 0 rings (SSSR count). The van der Waals surface area contributed by atoms with Gasteiger partial charge in [-0.2, -0.15) is 11.8 Å². The third-order valence-corrected chi connectivity index (χ3v) is 3.50. The molecule has 0 aromatic rings. The SMILES string of the molecule is CSCCC(NC(=O)C[C@@H](CN)CC(C)C)C(=O)O. The smallest absolute Gasteiger partial charge is 0.326 e. The number of nitrogens with one attached hydrogen (secondary N) is 1. The summed E-state index contributed by atoms with van der Waals surface area (Å²) in [5.41, 5.74) is 5.64. The molecular formula is C13H26N2O3S. The van der Waals surface area contributed by atoms with Crippen LogP contribution in [0.4, 0.5) is 0 Å². The molecule has 0 aromatic heterocycles. The van der Waals surface area contributed by atoms with E-state index in [1.165, 1.54) is 0 Å².